The summed E-state index contributed by atoms with van der Waals surface area (Å²) in [6, 6.07) is 7.48. The molecule has 0 atom stereocenters. The average molecular weight is 274 g/mol. The lowest BCUT2D eigenvalue weighted by atomic mass is 10.2. The van der Waals surface area contributed by atoms with Crippen molar-refractivity contribution in [3.05, 3.63) is 30.5 Å². The zero-order valence-electron chi connectivity index (χ0n) is 10.0. The molecule has 19 heavy (non-hydrogen) atoms. The minimum Gasteiger partial charge on any atom is -0.496 e. The van der Waals surface area contributed by atoms with Gasteiger partial charge in [0.2, 0.25) is 5.82 Å². The first kappa shape index (κ1) is 11.7. The monoisotopic (exact) mass is 274 g/mol. The number of para-hydroxylation sites is 1. The lowest BCUT2D eigenvalue weighted by Crippen LogP contribution is -1.88. The molecule has 0 aliphatic rings. The Labute approximate surface area is 112 Å². The molecule has 96 valence electrons. The second kappa shape index (κ2) is 4.69. The Morgan fingerprint density at radius 1 is 1.32 bits per heavy atom. The fraction of sp³-hybridized carbons (Fsp3) is 0.0833. The molecule has 3 aromatic rings. The summed E-state index contributed by atoms with van der Waals surface area (Å²) in [4.78, 5) is 9.02. The van der Waals surface area contributed by atoms with E-state index in [0.29, 0.717) is 22.6 Å². The Kier molecular flexibility index (Phi) is 2.88. The third-order valence-electron chi connectivity index (χ3n) is 2.51. The second-order valence-electron chi connectivity index (χ2n) is 3.69. The van der Waals surface area contributed by atoms with Gasteiger partial charge in [0.1, 0.15) is 10.6 Å². The third kappa shape index (κ3) is 2.15. The van der Waals surface area contributed by atoms with Crippen LogP contribution in [0.5, 0.6) is 5.75 Å². The number of aromatic nitrogens is 3. The van der Waals surface area contributed by atoms with Gasteiger partial charge in [-0.15, -0.1) is 0 Å². The van der Waals surface area contributed by atoms with E-state index in [4.69, 9.17) is 15.0 Å². The van der Waals surface area contributed by atoms with Gasteiger partial charge >= 0.3 is 0 Å². The van der Waals surface area contributed by atoms with Crippen LogP contribution in [0.1, 0.15) is 0 Å². The highest BCUT2D eigenvalue weighted by Crippen LogP contribution is 2.31. The van der Waals surface area contributed by atoms with Crippen LogP contribution in [0, 0.1) is 0 Å². The molecule has 2 heterocycles. The number of rotatable bonds is 3. The summed E-state index contributed by atoms with van der Waals surface area (Å²) in [5.41, 5.74) is 6.35. The largest absolute Gasteiger partial charge is 0.496 e. The number of ether oxygens (including phenoxy) is 1. The van der Waals surface area contributed by atoms with Gasteiger partial charge < -0.3 is 15.0 Å². The quantitative estimate of drug-likeness (QED) is 0.789. The molecule has 7 heteroatoms. The Bertz CT molecular complexity index is 707. The molecule has 0 fully saturated rings. The minimum atomic E-state index is 0.398. The van der Waals surface area contributed by atoms with Gasteiger partial charge in [-0.2, -0.15) is 4.98 Å². The highest BCUT2D eigenvalue weighted by molar-refractivity contribution is 7.18. The number of thiazole rings is 1. The molecule has 0 bridgehead atoms. The van der Waals surface area contributed by atoms with E-state index in [0.717, 1.165) is 10.4 Å². The van der Waals surface area contributed by atoms with Gasteiger partial charge in [-0.3, -0.25) is 0 Å². The molecule has 0 aliphatic heterocycles. The molecular weight excluding hydrogens is 264 g/mol. The average Bonchev–Trinajstić information content (AvgIpc) is 3.07. The number of nitrogens with two attached hydrogens (primary N) is 1. The van der Waals surface area contributed by atoms with Crippen molar-refractivity contribution in [1.29, 1.82) is 0 Å². The molecule has 2 N–H and O–H groups in total. The van der Waals surface area contributed by atoms with E-state index >= 15 is 0 Å². The zero-order valence-corrected chi connectivity index (χ0v) is 10.8. The summed E-state index contributed by atoms with van der Waals surface area (Å²) in [5, 5.41) is 4.42. The van der Waals surface area contributed by atoms with Crippen LogP contribution in [0.2, 0.25) is 0 Å². The molecule has 0 spiro atoms. The lowest BCUT2D eigenvalue weighted by molar-refractivity contribution is 0.413. The molecular formula is C12H10N4O2S. The Hall–Kier alpha value is -2.41. The third-order valence-corrected chi connectivity index (χ3v) is 3.32. The van der Waals surface area contributed by atoms with Gasteiger partial charge in [0, 0.05) is 0 Å². The van der Waals surface area contributed by atoms with Crippen molar-refractivity contribution >= 4 is 16.5 Å². The molecule has 0 saturated heterocycles. The van der Waals surface area contributed by atoms with Crippen LogP contribution in [0.25, 0.3) is 22.2 Å². The summed E-state index contributed by atoms with van der Waals surface area (Å²) in [6.45, 7) is 0. The van der Waals surface area contributed by atoms with Crippen molar-refractivity contribution in [2.75, 3.05) is 12.8 Å². The first-order valence-electron chi connectivity index (χ1n) is 5.46. The van der Waals surface area contributed by atoms with E-state index in [9.17, 15) is 0 Å². The summed E-state index contributed by atoms with van der Waals surface area (Å²) in [6.07, 6.45) is 1.61. The molecule has 0 amide bonds. The molecule has 0 unspecified atom stereocenters. The van der Waals surface area contributed by atoms with Gasteiger partial charge in [-0.25, -0.2) is 4.98 Å². The number of anilines is 1. The van der Waals surface area contributed by atoms with E-state index in [1.807, 2.05) is 24.3 Å². The summed E-state index contributed by atoms with van der Waals surface area (Å²) in [5.74, 6) is 1.56. The normalized spacial score (nSPS) is 10.6. The summed E-state index contributed by atoms with van der Waals surface area (Å²) >= 11 is 1.30. The molecule has 1 aromatic carbocycles. The van der Waals surface area contributed by atoms with E-state index in [-0.39, 0.29) is 0 Å². The van der Waals surface area contributed by atoms with E-state index < -0.39 is 0 Å². The van der Waals surface area contributed by atoms with Gasteiger partial charge in [0.05, 0.1) is 18.9 Å². The van der Waals surface area contributed by atoms with Crippen molar-refractivity contribution in [3.63, 3.8) is 0 Å². The van der Waals surface area contributed by atoms with Gasteiger partial charge in [-0.05, 0) is 12.1 Å². The van der Waals surface area contributed by atoms with Crippen LogP contribution in [0.4, 0.5) is 5.13 Å². The number of nitrogens with zero attached hydrogens (tertiary/aromatic N) is 3. The highest BCUT2D eigenvalue weighted by atomic mass is 32.1. The van der Waals surface area contributed by atoms with E-state index in [1.54, 1.807) is 13.3 Å². The Balaban J connectivity index is 2.01. The van der Waals surface area contributed by atoms with E-state index in [2.05, 4.69) is 15.1 Å². The predicted molar refractivity (Wildman–Crippen MR) is 71.8 cm³/mol. The zero-order chi connectivity index (χ0) is 13.2. The standard InChI is InChI=1S/C12H10N4O2S/c1-17-8-5-3-2-4-7(8)10-15-11(18-16-10)9-6-14-12(13)19-9/h2-6H,1H3,(H2,13,14). The maximum absolute atomic E-state index is 5.58. The Morgan fingerprint density at radius 3 is 2.89 bits per heavy atom. The van der Waals surface area contributed by atoms with Gasteiger partial charge in [-0.1, -0.05) is 28.6 Å². The van der Waals surface area contributed by atoms with Crippen molar-refractivity contribution in [3.8, 4) is 27.9 Å². The first-order valence-corrected chi connectivity index (χ1v) is 6.28. The molecule has 0 saturated carbocycles. The minimum absolute atomic E-state index is 0.398. The first-order chi connectivity index (χ1) is 9.28. The summed E-state index contributed by atoms with van der Waals surface area (Å²) in [7, 11) is 1.60. The molecule has 0 radical (unpaired) electrons. The number of hydrogen-bond acceptors (Lipinski definition) is 7. The topological polar surface area (TPSA) is 87.1 Å². The molecule has 2 aromatic heterocycles. The lowest BCUT2D eigenvalue weighted by Gasteiger charge is -2.02. The smallest absolute Gasteiger partial charge is 0.270 e. The van der Waals surface area contributed by atoms with Crippen LogP contribution in [-0.2, 0) is 0 Å². The Morgan fingerprint density at radius 2 is 2.16 bits per heavy atom. The van der Waals surface area contributed by atoms with Crippen LogP contribution in [-0.4, -0.2) is 22.2 Å². The van der Waals surface area contributed by atoms with Crippen molar-refractivity contribution < 1.29 is 9.26 Å². The van der Waals surface area contributed by atoms with Crippen molar-refractivity contribution in [2.45, 2.75) is 0 Å². The fourth-order valence-electron chi connectivity index (χ4n) is 1.65. The molecule has 0 aliphatic carbocycles. The number of nitrogen functional groups attached to an aromatic ring is 1. The van der Waals surface area contributed by atoms with Crippen molar-refractivity contribution in [1.82, 2.24) is 15.1 Å². The number of methoxy groups -OCH3 is 1. The fourth-order valence-corrected chi connectivity index (χ4v) is 2.26. The summed E-state index contributed by atoms with van der Waals surface area (Å²) < 4.78 is 10.5. The number of hydrogen-bond donors (Lipinski definition) is 1. The SMILES string of the molecule is COc1ccccc1-c1noc(-c2cnc(N)s2)n1. The van der Waals surface area contributed by atoms with E-state index in [1.165, 1.54) is 11.3 Å². The predicted octanol–water partition coefficient (Wildman–Crippen LogP) is 2.45. The van der Waals surface area contributed by atoms with Gasteiger partial charge in [0.25, 0.3) is 5.89 Å². The molecule has 3 rings (SSSR count). The molecule has 6 nitrogen and oxygen atoms in total. The van der Waals surface area contributed by atoms with Crippen LogP contribution in [0.3, 0.4) is 0 Å². The number of benzene rings is 1. The van der Waals surface area contributed by atoms with Gasteiger partial charge in [0.15, 0.2) is 5.13 Å². The maximum atomic E-state index is 5.58. The maximum Gasteiger partial charge on any atom is 0.270 e. The van der Waals surface area contributed by atoms with Crippen LogP contribution in [0.15, 0.2) is 35.0 Å². The highest BCUT2D eigenvalue weighted by Gasteiger charge is 2.15. The van der Waals surface area contributed by atoms with Crippen molar-refractivity contribution in [2.24, 2.45) is 0 Å². The van der Waals surface area contributed by atoms with Crippen LogP contribution < -0.4 is 10.5 Å². The van der Waals surface area contributed by atoms with Crippen LogP contribution >= 0.6 is 11.3 Å². The second-order valence-corrected chi connectivity index (χ2v) is 4.75.